The number of aromatic nitrogens is 2. The molecule has 28 heavy (non-hydrogen) atoms. The Balaban J connectivity index is 1.34. The van der Waals surface area contributed by atoms with E-state index >= 15 is 0 Å². The monoisotopic (exact) mass is 373 g/mol. The van der Waals surface area contributed by atoms with E-state index in [0.29, 0.717) is 6.61 Å². The third-order valence-corrected chi connectivity index (χ3v) is 5.32. The molecule has 0 aliphatic heterocycles. The number of hydrogen-bond acceptors (Lipinski definition) is 4. The van der Waals surface area contributed by atoms with Gasteiger partial charge < -0.3 is 9.64 Å². The molecule has 0 atom stereocenters. The normalized spacial score (nSPS) is 12.6. The van der Waals surface area contributed by atoms with Gasteiger partial charge in [0.15, 0.2) is 5.82 Å². The summed E-state index contributed by atoms with van der Waals surface area (Å²) in [5, 5.41) is 0. The van der Waals surface area contributed by atoms with Crippen molar-refractivity contribution in [2.75, 3.05) is 25.1 Å². The van der Waals surface area contributed by atoms with Gasteiger partial charge in [-0.25, -0.2) is 9.97 Å². The lowest BCUT2D eigenvalue weighted by Gasteiger charge is -2.20. The van der Waals surface area contributed by atoms with Crippen LogP contribution in [0.1, 0.15) is 29.5 Å². The molecule has 4 rings (SSSR count). The summed E-state index contributed by atoms with van der Waals surface area (Å²) < 4.78 is 5.98. The fraction of sp³-hybridized carbons (Fsp3) is 0.333. The van der Waals surface area contributed by atoms with Gasteiger partial charge in [0.05, 0.1) is 6.61 Å². The van der Waals surface area contributed by atoms with Gasteiger partial charge in [-0.15, -0.1) is 0 Å². The first-order valence-corrected chi connectivity index (χ1v) is 10.1. The van der Waals surface area contributed by atoms with E-state index in [4.69, 9.17) is 9.72 Å². The molecule has 0 N–H and O–H groups in total. The van der Waals surface area contributed by atoms with Gasteiger partial charge in [0, 0.05) is 30.9 Å². The zero-order valence-electron chi connectivity index (χ0n) is 16.7. The van der Waals surface area contributed by atoms with E-state index < -0.39 is 0 Å². The molecule has 0 radical (unpaired) electrons. The molecule has 0 saturated heterocycles. The number of benzene rings is 2. The molecule has 144 valence electrons. The Morgan fingerprint density at radius 1 is 1.04 bits per heavy atom. The zero-order chi connectivity index (χ0) is 19.3. The highest BCUT2D eigenvalue weighted by atomic mass is 16.5. The molecule has 4 nitrogen and oxygen atoms in total. The smallest absolute Gasteiger partial charge is 0.161 e. The maximum absolute atomic E-state index is 5.98. The highest BCUT2D eigenvalue weighted by Gasteiger charge is 2.12. The largest absolute Gasteiger partial charge is 0.494 e. The van der Waals surface area contributed by atoms with E-state index in [1.165, 1.54) is 30.4 Å². The number of aryl methyl sites for hydroxylation is 3. The number of anilines is 1. The molecule has 0 saturated carbocycles. The second-order valence-electron chi connectivity index (χ2n) is 7.47. The molecular formula is C24H27N3O. The van der Waals surface area contributed by atoms with Gasteiger partial charge in [0.1, 0.15) is 11.6 Å². The lowest BCUT2D eigenvalue weighted by Crippen LogP contribution is -2.22. The Morgan fingerprint density at radius 2 is 1.86 bits per heavy atom. The molecule has 0 amide bonds. The highest BCUT2D eigenvalue weighted by molar-refractivity contribution is 5.58. The van der Waals surface area contributed by atoms with Crippen molar-refractivity contribution < 1.29 is 4.74 Å². The third-order valence-electron chi connectivity index (χ3n) is 5.32. The van der Waals surface area contributed by atoms with Crippen molar-refractivity contribution in [1.29, 1.82) is 0 Å². The first-order valence-electron chi connectivity index (χ1n) is 10.1. The van der Waals surface area contributed by atoms with Crippen LogP contribution in [0, 0.1) is 6.92 Å². The average Bonchev–Trinajstić information content (AvgIpc) is 3.20. The van der Waals surface area contributed by atoms with Gasteiger partial charge in [-0.2, -0.15) is 0 Å². The Kier molecular flexibility index (Phi) is 5.56. The van der Waals surface area contributed by atoms with Crippen LogP contribution in [0.5, 0.6) is 5.75 Å². The lowest BCUT2D eigenvalue weighted by atomic mass is 10.1. The van der Waals surface area contributed by atoms with E-state index in [1.54, 1.807) is 0 Å². The van der Waals surface area contributed by atoms with Crippen LogP contribution in [0.4, 0.5) is 5.82 Å². The summed E-state index contributed by atoms with van der Waals surface area (Å²) in [6.07, 6.45) is 6.52. The van der Waals surface area contributed by atoms with Crippen molar-refractivity contribution in [1.82, 2.24) is 9.97 Å². The third kappa shape index (κ3) is 4.16. The van der Waals surface area contributed by atoms with Crippen molar-refractivity contribution in [3.05, 3.63) is 71.4 Å². The summed E-state index contributed by atoms with van der Waals surface area (Å²) in [5.41, 5.74) is 5.07. The molecule has 1 aromatic heterocycles. The van der Waals surface area contributed by atoms with E-state index in [2.05, 4.69) is 42.1 Å². The van der Waals surface area contributed by atoms with E-state index in [-0.39, 0.29) is 0 Å². The quantitative estimate of drug-likeness (QED) is 0.555. The van der Waals surface area contributed by atoms with E-state index in [1.807, 2.05) is 36.5 Å². The molecule has 0 unspecified atom stereocenters. The predicted molar refractivity (Wildman–Crippen MR) is 114 cm³/mol. The second kappa shape index (κ2) is 8.42. The summed E-state index contributed by atoms with van der Waals surface area (Å²) in [6, 6.07) is 16.7. The average molecular weight is 374 g/mol. The van der Waals surface area contributed by atoms with E-state index in [0.717, 1.165) is 41.5 Å². The van der Waals surface area contributed by atoms with Crippen molar-refractivity contribution in [2.24, 2.45) is 0 Å². The van der Waals surface area contributed by atoms with Gasteiger partial charge in [0.25, 0.3) is 0 Å². The summed E-state index contributed by atoms with van der Waals surface area (Å²) in [7, 11) is 2.08. The molecule has 3 aromatic rings. The Morgan fingerprint density at radius 3 is 2.71 bits per heavy atom. The molecule has 1 aliphatic carbocycles. The summed E-state index contributed by atoms with van der Waals surface area (Å²) >= 11 is 0. The first kappa shape index (κ1) is 18.5. The minimum Gasteiger partial charge on any atom is -0.494 e. The van der Waals surface area contributed by atoms with Crippen molar-refractivity contribution in [2.45, 2.75) is 32.6 Å². The van der Waals surface area contributed by atoms with Crippen LogP contribution in [0.2, 0.25) is 0 Å². The Bertz CT molecular complexity index is 940. The molecule has 1 aliphatic rings. The Labute approximate surface area is 167 Å². The maximum Gasteiger partial charge on any atom is 0.161 e. The SMILES string of the molecule is Cc1cnc(-c2ccccc2)nc1N(C)CCCOc1ccc2c(c1)CCC2. The minimum atomic E-state index is 0.707. The van der Waals surface area contributed by atoms with E-state index in [9.17, 15) is 0 Å². The lowest BCUT2D eigenvalue weighted by molar-refractivity contribution is 0.312. The van der Waals surface area contributed by atoms with Crippen LogP contribution >= 0.6 is 0 Å². The Hall–Kier alpha value is -2.88. The molecule has 1 heterocycles. The predicted octanol–water partition coefficient (Wildman–Crippen LogP) is 4.85. The van der Waals surface area contributed by atoms with Crippen molar-refractivity contribution in [3.63, 3.8) is 0 Å². The van der Waals surface area contributed by atoms with Gasteiger partial charge in [-0.3, -0.25) is 0 Å². The molecule has 0 spiro atoms. The van der Waals surface area contributed by atoms with Crippen LogP contribution in [-0.4, -0.2) is 30.2 Å². The van der Waals surface area contributed by atoms with Crippen molar-refractivity contribution >= 4 is 5.82 Å². The van der Waals surface area contributed by atoms with Crippen LogP contribution in [-0.2, 0) is 12.8 Å². The summed E-state index contributed by atoms with van der Waals surface area (Å²) in [6.45, 7) is 3.65. The van der Waals surface area contributed by atoms with Gasteiger partial charge in [-0.1, -0.05) is 36.4 Å². The number of hydrogen-bond donors (Lipinski definition) is 0. The van der Waals surface area contributed by atoms with Gasteiger partial charge in [0.2, 0.25) is 0 Å². The number of nitrogens with zero attached hydrogens (tertiary/aromatic N) is 3. The second-order valence-corrected chi connectivity index (χ2v) is 7.47. The summed E-state index contributed by atoms with van der Waals surface area (Å²) in [4.78, 5) is 11.5. The van der Waals surface area contributed by atoms with Crippen LogP contribution < -0.4 is 9.64 Å². The van der Waals surface area contributed by atoms with Crippen molar-refractivity contribution in [3.8, 4) is 17.1 Å². The van der Waals surface area contributed by atoms with Crippen LogP contribution in [0.25, 0.3) is 11.4 Å². The standard InChI is InChI=1S/C24H27N3O/c1-18-17-25-23(20-8-4-3-5-9-20)26-24(18)27(2)14-7-15-28-22-13-12-19-10-6-11-21(19)16-22/h3-5,8-9,12-13,16-17H,6-7,10-11,14-15H2,1-2H3. The van der Waals surface area contributed by atoms with Crippen LogP contribution in [0.15, 0.2) is 54.7 Å². The maximum atomic E-state index is 5.98. The highest BCUT2D eigenvalue weighted by Crippen LogP contribution is 2.26. The number of rotatable bonds is 7. The topological polar surface area (TPSA) is 38.2 Å². The molecular weight excluding hydrogens is 346 g/mol. The fourth-order valence-electron chi connectivity index (χ4n) is 3.78. The molecule has 4 heteroatoms. The van der Waals surface area contributed by atoms with Gasteiger partial charge >= 0.3 is 0 Å². The molecule has 0 bridgehead atoms. The zero-order valence-corrected chi connectivity index (χ0v) is 16.7. The van der Waals surface area contributed by atoms with Gasteiger partial charge in [-0.05, 0) is 55.9 Å². The van der Waals surface area contributed by atoms with Crippen LogP contribution in [0.3, 0.4) is 0 Å². The minimum absolute atomic E-state index is 0.707. The molecule has 0 fully saturated rings. The number of fused-ring (bicyclic) bond motifs is 1. The first-order chi connectivity index (χ1) is 13.7. The molecule has 2 aromatic carbocycles. The fourth-order valence-corrected chi connectivity index (χ4v) is 3.78. The summed E-state index contributed by atoms with van der Waals surface area (Å²) in [5.74, 6) is 2.74. The number of ether oxygens (including phenoxy) is 1.